The SMILES string of the molecule is CC(C)(Cn1c(CCl)nc2cnccc21)S(C)(=O)=O. The number of pyridine rings is 1. The first-order chi connectivity index (χ1) is 8.76. The zero-order valence-corrected chi connectivity index (χ0v) is 12.7. The third-order valence-corrected chi connectivity index (χ3v) is 5.67. The Bertz CT molecular complexity index is 707. The average Bonchev–Trinajstić information content (AvgIpc) is 2.66. The Morgan fingerprint density at radius 2 is 2.11 bits per heavy atom. The Morgan fingerprint density at radius 1 is 1.42 bits per heavy atom. The van der Waals surface area contributed by atoms with E-state index in [4.69, 9.17) is 11.6 Å². The number of hydrogen-bond acceptors (Lipinski definition) is 4. The Morgan fingerprint density at radius 3 is 2.68 bits per heavy atom. The summed E-state index contributed by atoms with van der Waals surface area (Å²) in [5.41, 5.74) is 1.57. The van der Waals surface area contributed by atoms with Crippen molar-refractivity contribution < 1.29 is 8.42 Å². The fourth-order valence-electron chi connectivity index (χ4n) is 1.81. The van der Waals surface area contributed by atoms with Gasteiger partial charge in [0.25, 0.3) is 0 Å². The van der Waals surface area contributed by atoms with E-state index in [9.17, 15) is 8.42 Å². The van der Waals surface area contributed by atoms with Crippen molar-refractivity contribution in [2.45, 2.75) is 31.0 Å². The zero-order chi connectivity index (χ0) is 14.3. The van der Waals surface area contributed by atoms with Crippen LogP contribution >= 0.6 is 11.6 Å². The second kappa shape index (κ2) is 4.76. The largest absolute Gasteiger partial charge is 0.325 e. The van der Waals surface area contributed by atoms with Crippen molar-refractivity contribution in [2.75, 3.05) is 6.26 Å². The number of alkyl halides is 1. The Balaban J connectivity index is 2.56. The lowest BCUT2D eigenvalue weighted by Crippen LogP contribution is -2.36. The number of imidazole rings is 1. The van der Waals surface area contributed by atoms with Crippen molar-refractivity contribution in [3.8, 4) is 0 Å². The van der Waals surface area contributed by atoms with E-state index in [-0.39, 0.29) is 5.88 Å². The van der Waals surface area contributed by atoms with Gasteiger partial charge in [0.05, 0.1) is 22.3 Å². The number of aromatic nitrogens is 3. The van der Waals surface area contributed by atoms with E-state index in [1.54, 1.807) is 26.2 Å². The van der Waals surface area contributed by atoms with Crippen LogP contribution in [0.4, 0.5) is 0 Å². The van der Waals surface area contributed by atoms with E-state index >= 15 is 0 Å². The van der Waals surface area contributed by atoms with Crippen LogP contribution in [-0.4, -0.2) is 34.0 Å². The highest BCUT2D eigenvalue weighted by Crippen LogP contribution is 2.23. The highest BCUT2D eigenvalue weighted by atomic mass is 35.5. The molecule has 0 radical (unpaired) electrons. The molecule has 104 valence electrons. The maximum atomic E-state index is 11.8. The Labute approximate surface area is 117 Å². The molecule has 5 nitrogen and oxygen atoms in total. The van der Waals surface area contributed by atoms with E-state index in [0.717, 1.165) is 11.0 Å². The van der Waals surface area contributed by atoms with E-state index < -0.39 is 14.6 Å². The molecule has 2 aromatic rings. The number of hydrogen-bond donors (Lipinski definition) is 0. The molecule has 0 N–H and O–H groups in total. The highest BCUT2D eigenvalue weighted by Gasteiger charge is 2.32. The molecular weight excluding hydrogens is 286 g/mol. The van der Waals surface area contributed by atoms with E-state index in [1.807, 2.05) is 10.6 Å². The van der Waals surface area contributed by atoms with Crippen LogP contribution in [0.5, 0.6) is 0 Å². The third kappa shape index (κ3) is 2.60. The van der Waals surface area contributed by atoms with Crippen LogP contribution in [0, 0.1) is 0 Å². The molecule has 0 unspecified atom stereocenters. The summed E-state index contributed by atoms with van der Waals surface area (Å²) in [5.74, 6) is 0.885. The molecule has 2 rings (SSSR count). The highest BCUT2D eigenvalue weighted by molar-refractivity contribution is 7.92. The van der Waals surface area contributed by atoms with E-state index in [1.165, 1.54) is 6.26 Å². The molecule has 7 heteroatoms. The minimum atomic E-state index is -3.18. The molecule has 0 spiro atoms. The maximum Gasteiger partial charge on any atom is 0.154 e. The summed E-state index contributed by atoms with van der Waals surface area (Å²) in [4.78, 5) is 8.38. The van der Waals surface area contributed by atoms with Crippen molar-refractivity contribution in [1.82, 2.24) is 14.5 Å². The summed E-state index contributed by atoms with van der Waals surface area (Å²) in [6, 6.07) is 1.82. The van der Waals surface area contributed by atoms with Crippen LogP contribution in [0.2, 0.25) is 0 Å². The van der Waals surface area contributed by atoms with Gasteiger partial charge in [0.1, 0.15) is 11.3 Å². The molecule has 0 aromatic carbocycles. The van der Waals surface area contributed by atoms with Crippen LogP contribution in [0.15, 0.2) is 18.5 Å². The minimum Gasteiger partial charge on any atom is -0.325 e. The molecule has 0 aliphatic rings. The van der Waals surface area contributed by atoms with Gasteiger partial charge in [0.15, 0.2) is 9.84 Å². The Hall–Kier alpha value is -1.14. The summed E-state index contributed by atoms with van der Waals surface area (Å²) in [6.07, 6.45) is 4.55. The number of halogens is 1. The van der Waals surface area contributed by atoms with Crippen LogP contribution in [0.1, 0.15) is 19.7 Å². The van der Waals surface area contributed by atoms with Crippen LogP contribution in [0.3, 0.4) is 0 Å². The minimum absolute atomic E-state index is 0.231. The maximum absolute atomic E-state index is 11.8. The molecule has 0 atom stereocenters. The molecule has 0 saturated carbocycles. The smallest absolute Gasteiger partial charge is 0.154 e. The summed E-state index contributed by atoms with van der Waals surface area (Å²) in [5, 5.41) is 0. The quantitative estimate of drug-likeness (QED) is 0.810. The topological polar surface area (TPSA) is 64.8 Å². The predicted octanol–water partition coefficient (Wildman–Crippen LogP) is 1.99. The molecular formula is C12H16ClN3O2S. The number of fused-ring (bicyclic) bond motifs is 1. The first kappa shape index (κ1) is 14.3. The lowest BCUT2D eigenvalue weighted by Gasteiger charge is -2.24. The zero-order valence-electron chi connectivity index (χ0n) is 11.1. The lowest BCUT2D eigenvalue weighted by molar-refractivity contribution is 0.503. The van der Waals surface area contributed by atoms with Crippen LogP contribution in [0.25, 0.3) is 11.0 Å². The Kier molecular flexibility index (Phi) is 3.57. The fraction of sp³-hybridized carbons (Fsp3) is 0.500. The van der Waals surface area contributed by atoms with E-state index in [0.29, 0.717) is 12.4 Å². The summed E-state index contributed by atoms with van der Waals surface area (Å²) >= 11 is 5.89. The molecule has 0 aliphatic heterocycles. The van der Waals surface area contributed by atoms with E-state index in [2.05, 4.69) is 9.97 Å². The van der Waals surface area contributed by atoms with Gasteiger partial charge in [0, 0.05) is 19.0 Å². The van der Waals surface area contributed by atoms with Gasteiger partial charge in [-0.25, -0.2) is 13.4 Å². The normalized spacial score (nSPS) is 13.1. The van der Waals surface area contributed by atoms with Gasteiger partial charge in [-0.2, -0.15) is 0 Å². The van der Waals surface area contributed by atoms with Crippen LogP contribution < -0.4 is 0 Å². The van der Waals surface area contributed by atoms with Gasteiger partial charge >= 0.3 is 0 Å². The first-order valence-electron chi connectivity index (χ1n) is 5.81. The fourth-order valence-corrected chi connectivity index (χ4v) is 2.38. The lowest BCUT2D eigenvalue weighted by atomic mass is 10.2. The predicted molar refractivity (Wildman–Crippen MR) is 76.0 cm³/mol. The van der Waals surface area contributed by atoms with Gasteiger partial charge in [-0.3, -0.25) is 4.98 Å². The molecule has 0 bridgehead atoms. The molecule has 2 aromatic heterocycles. The van der Waals surface area contributed by atoms with Crippen molar-refractivity contribution in [3.63, 3.8) is 0 Å². The summed E-state index contributed by atoms with van der Waals surface area (Å²) in [7, 11) is -3.18. The number of sulfone groups is 1. The second-order valence-corrected chi connectivity index (χ2v) is 8.06. The summed E-state index contributed by atoms with van der Waals surface area (Å²) < 4.78 is 24.6. The molecule has 0 fully saturated rings. The van der Waals surface area contributed by atoms with Gasteiger partial charge in [-0.15, -0.1) is 11.6 Å². The van der Waals surface area contributed by atoms with Gasteiger partial charge in [0.2, 0.25) is 0 Å². The second-order valence-electron chi connectivity index (χ2n) is 5.14. The van der Waals surface area contributed by atoms with Gasteiger partial charge in [-0.05, 0) is 19.9 Å². The molecule has 0 saturated heterocycles. The monoisotopic (exact) mass is 301 g/mol. The number of nitrogens with zero attached hydrogens (tertiary/aromatic N) is 3. The molecule has 19 heavy (non-hydrogen) atoms. The van der Waals surface area contributed by atoms with Crippen LogP contribution in [-0.2, 0) is 22.3 Å². The standard InChI is InChI=1S/C12H16ClN3O2S/c1-12(2,19(3,17)18)8-16-10-4-5-14-7-9(10)15-11(16)6-13/h4-5,7H,6,8H2,1-3H3. The molecule has 0 amide bonds. The average molecular weight is 302 g/mol. The third-order valence-electron chi connectivity index (χ3n) is 3.29. The van der Waals surface area contributed by atoms with Crippen molar-refractivity contribution in [1.29, 1.82) is 0 Å². The summed E-state index contributed by atoms with van der Waals surface area (Å²) in [6.45, 7) is 3.72. The molecule has 2 heterocycles. The van der Waals surface area contributed by atoms with Crippen molar-refractivity contribution in [3.05, 3.63) is 24.3 Å². The van der Waals surface area contributed by atoms with Crippen molar-refractivity contribution >= 4 is 32.5 Å². The molecule has 0 aliphatic carbocycles. The first-order valence-corrected chi connectivity index (χ1v) is 8.23. The van der Waals surface area contributed by atoms with Gasteiger partial charge < -0.3 is 4.57 Å². The van der Waals surface area contributed by atoms with Crippen molar-refractivity contribution in [2.24, 2.45) is 0 Å². The number of rotatable bonds is 4. The van der Waals surface area contributed by atoms with Gasteiger partial charge in [-0.1, -0.05) is 0 Å².